The molecule has 3 nitrogen and oxygen atoms in total. The molecule has 0 bridgehead atoms. The second kappa shape index (κ2) is 6.50. The molecule has 0 saturated carbocycles. The molecule has 0 aliphatic carbocycles. The van der Waals surface area contributed by atoms with Crippen LogP contribution in [0.25, 0.3) is 0 Å². The van der Waals surface area contributed by atoms with Gasteiger partial charge in [-0.15, -0.1) is 0 Å². The number of aliphatic hydroxyl groups excluding tert-OH is 1. The zero-order chi connectivity index (χ0) is 14.5. The van der Waals surface area contributed by atoms with Crippen molar-refractivity contribution in [3.8, 4) is 0 Å². The predicted molar refractivity (Wildman–Crippen MR) is 88.1 cm³/mol. The highest BCUT2D eigenvalue weighted by atomic mass is 32.1. The van der Waals surface area contributed by atoms with Crippen molar-refractivity contribution in [1.82, 2.24) is 0 Å². The van der Waals surface area contributed by atoms with Gasteiger partial charge in [0.05, 0.1) is 6.61 Å². The summed E-state index contributed by atoms with van der Waals surface area (Å²) in [6.45, 7) is 4.08. The van der Waals surface area contributed by atoms with Crippen molar-refractivity contribution in [2.75, 3.05) is 10.6 Å². The molecule has 0 aliphatic heterocycles. The molecule has 0 aromatic heterocycles. The van der Waals surface area contributed by atoms with Gasteiger partial charge in [0.15, 0.2) is 5.11 Å². The van der Waals surface area contributed by atoms with Crippen LogP contribution in [-0.2, 0) is 6.61 Å². The minimum Gasteiger partial charge on any atom is -0.392 e. The fourth-order valence-electron chi connectivity index (χ4n) is 2.11. The minimum absolute atomic E-state index is 0.0185. The van der Waals surface area contributed by atoms with Crippen LogP contribution < -0.4 is 10.6 Å². The van der Waals surface area contributed by atoms with Crippen molar-refractivity contribution in [3.63, 3.8) is 0 Å². The van der Waals surface area contributed by atoms with Gasteiger partial charge in [0, 0.05) is 16.9 Å². The summed E-state index contributed by atoms with van der Waals surface area (Å²) in [7, 11) is 0. The normalized spacial score (nSPS) is 10.2. The molecule has 3 N–H and O–H groups in total. The van der Waals surface area contributed by atoms with Gasteiger partial charge in [0.1, 0.15) is 0 Å². The Hall–Kier alpha value is -1.91. The third-order valence-electron chi connectivity index (χ3n) is 2.92. The van der Waals surface area contributed by atoms with Gasteiger partial charge in [0.25, 0.3) is 0 Å². The van der Waals surface area contributed by atoms with Gasteiger partial charge in [-0.2, -0.15) is 0 Å². The van der Waals surface area contributed by atoms with Crippen molar-refractivity contribution in [3.05, 3.63) is 59.2 Å². The molecule has 0 fully saturated rings. The van der Waals surface area contributed by atoms with E-state index in [0.29, 0.717) is 5.11 Å². The second-order valence-electron chi connectivity index (χ2n) is 4.77. The molecule has 0 aliphatic rings. The number of thiocarbonyl (C=S) groups is 1. The lowest BCUT2D eigenvalue weighted by atomic mass is 10.1. The summed E-state index contributed by atoms with van der Waals surface area (Å²) in [5, 5.41) is 16.1. The van der Waals surface area contributed by atoms with Crippen molar-refractivity contribution in [2.45, 2.75) is 20.5 Å². The quantitative estimate of drug-likeness (QED) is 0.754. The highest BCUT2D eigenvalue weighted by Crippen LogP contribution is 2.17. The smallest absolute Gasteiger partial charge is 0.175 e. The molecular formula is C16H18N2OS. The zero-order valence-corrected chi connectivity index (χ0v) is 12.4. The Morgan fingerprint density at radius 3 is 2.35 bits per heavy atom. The van der Waals surface area contributed by atoms with E-state index in [0.717, 1.165) is 16.9 Å². The number of hydrogen-bond acceptors (Lipinski definition) is 2. The first-order valence-corrected chi connectivity index (χ1v) is 6.84. The largest absolute Gasteiger partial charge is 0.392 e. The van der Waals surface area contributed by atoms with E-state index in [4.69, 9.17) is 12.2 Å². The number of nitrogens with one attached hydrogen (secondary N) is 2. The number of benzene rings is 2. The Bertz CT molecular complexity index is 605. The molecule has 0 amide bonds. The molecule has 2 aromatic rings. The van der Waals surface area contributed by atoms with Gasteiger partial charge in [-0.1, -0.05) is 24.3 Å². The van der Waals surface area contributed by atoms with Crippen LogP contribution in [0.15, 0.2) is 42.5 Å². The first-order valence-electron chi connectivity index (χ1n) is 6.43. The molecule has 20 heavy (non-hydrogen) atoms. The lowest BCUT2D eigenvalue weighted by Gasteiger charge is -2.14. The van der Waals surface area contributed by atoms with Crippen LogP contribution in [0.4, 0.5) is 11.4 Å². The molecule has 2 aromatic carbocycles. The van der Waals surface area contributed by atoms with E-state index in [9.17, 15) is 5.11 Å². The number of para-hydroxylation sites is 1. The van der Waals surface area contributed by atoms with E-state index in [1.165, 1.54) is 11.1 Å². The van der Waals surface area contributed by atoms with Crippen LogP contribution in [0.1, 0.15) is 16.7 Å². The van der Waals surface area contributed by atoms with Crippen LogP contribution in [0, 0.1) is 13.8 Å². The number of aryl methyl sites for hydroxylation is 2. The van der Waals surface area contributed by atoms with Gasteiger partial charge in [0.2, 0.25) is 0 Å². The van der Waals surface area contributed by atoms with Crippen LogP contribution >= 0.6 is 12.2 Å². The fraction of sp³-hybridized carbons (Fsp3) is 0.188. The SMILES string of the molecule is Cc1cc(C)cc(NC(=S)Nc2ccccc2CO)c1. The highest BCUT2D eigenvalue weighted by Gasteiger charge is 2.04. The summed E-state index contributed by atoms with van der Waals surface area (Å²) in [6.07, 6.45) is 0. The predicted octanol–water partition coefficient (Wildman–Crippen LogP) is 3.60. The Kier molecular flexibility index (Phi) is 4.71. The lowest BCUT2D eigenvalue weighted by molar-refractivity contribution is 0.282. The first kappa shape index (κ1) is 14.5. The average Bonchev–Trinajstić information content (AvgIpc) is 2.37. The van der Waals surface area contributed by atoms with E-state index >= 15 is 0 Å². The number of hydrogen-bond donors (Lipinski definition) is 3. The third kappa shape index (κ3) is 3.79. The van der Waals surface area contributed by atoms with E-state index in [2.05, 4.69) is 30.5 Å². The average molecular weight is 286 g/mol. The van der Waals surface area contributed by atoms with E-state index in [1.54, 1.807) is 0 Å². The number of anilines is 2. The summed E-state index contributed by atoms with van der Waals surface area (Å²) in [6, 6.07) is 13.7. The summed E-state index contributed by atoms with van der Waals surface area (Å²) < 4.78 is 0. The number of aliphatic hydroxyl groups is 1. The minimum atomic E-state index is -0.0185. The molecule has 0 atom stereocenters. The van der Waals surface area contributed by atoms with Gasteiger partial charge in [-0.05, 0) is 55.4 Å². The van der Waals surface area contributed by atoms with Gasteiger partial charge in [-0.25, -0.2) is 0 Å². The van der Waals surface area contributed by atoms with Crippen molar-refractivity contribution in [1.29, 1.82) is 0 Å². The summed E-state index contributed by atoms with van der Waals surface area (Å²) in [5.41, 5.74) is 4.97. The number of rotatable bonds is 3. The molecule has 0 heterocycles. The molecular weight excluding hydrogens is 268 g/mol. The summed E-state index contributed by atoms with van der Waals surface area (Å²) >= 11 is 5.31. The van der Waals surface area contributed by atoms with Crippen molar-refractivity contribution >= 4 is 28.7 Å². The lowest BCUT2D eigenvalue weighted by Crippen LogP contribution is -2.20. The maximum Gasteiger partial charge on any atom is 0.175 e. The monoisotopic (exact) mass is 286 g/mol. The fourth-order valence-corrected chi connectivity index (χ4v) is 2.34. The van der Waals surface area contributed by atoms with Crippen LogP contribution in [0.3, 0.4) is 0 Å². The standard InChI is InChI=1S/C16H18N2OS/c1-11-7-12(2)9-14(8-11)17-16(20)18-15-6-4-3-5-13(15)10-19/h3-9,19H,10H2,1-2H3,(H2,17,18,20). The van der Waals surface area contributed by atoms with Crippen LogP contribution in [0.5, 0.6) is 0 Å². The third-order valence-corrected chi connectivity index (χ3v) is 3.12. The molecule has 0 unspecified atom stereocenters. The van der Waals surface area contributed by atoms with Gasteiger partial charge < -0.3 is 15.7 Å². The molecule has 0 spiro atoms. The first-order chi connectivity index (χ1) is 9.58. The van der Waals surface area contributed by atoms with Crippen molar-refractivity contribution < 1.29 is 5.11 Å². The molecule has 0 saturated heterocycles. The highest BCUT2D eigenvalue weighted by molar-refractivity contribution is 7.80. The molecule has 0 radical (unpaired) electrons. The maximum atomic E-state index is 9.29. The van der Waals surface area contributed by atoms with Crippen LogP contribution in [-0.4, -0.2) is 10.2 Å². The summed E-state index contributed by atoms with van der Waals surface area (Å²) in [4.78, 5) is 0. The summed E-state index contributed by atoms with van der Waals surface area (Å²) in [5.74, 6) is 0. The maximum absolute atomic E-state index is 9.29. The Balaban J connectivity index is 2.09. The van der Waals surface area contributed by atoms with Crippen molar-refractivity contribution in [2.24, 2.45) is 0 Å². The Labute approximate surface area is 124 Å². The Morgan fingerprint density at radius 1 is 1.05 bits per heavy atom. The molecule has 2 rings (SSSR count). The second-order valence-corrected chi connectivity index (χ2v) is 5.18. The van der Waals surface area contributed by atoms with E-state index < -0.39 is 0 Å². The Morgan fingerprint density at radius 2 is 1.70 bits per heavy atom. The van der Waals surface area contributed by atoms with E-state index in [-0.39, 0.29) is 6.61 Å². The molecule has 104 valence electrons. The molecule has 4 heteroatoms. The van der Waals surface area contributed by atoms with E-state index in [1.807, 2.05) is 36.4 Å². The zero-order valence-electron chi connectivity index (χ0n) is 11.6. The van der Waals surface area contributed by atoms with Gasteiger partial charge in [-0.3, -0.25) is 0 Å². The van der Waals surface area contributed by atoms with Gasteiger partial charge >= 0.3 is 0 Å². The topological polar surface area (TPSA) is 44.3 Å². The van der Waals surface area contributed by atoms with Crippen LogP contribution in [0.2, 0.25) is 0 Å².